The molecule has 1 heterocycles. The van der Waals surface area contributed by atoms with Gasteiger partial charge in [0.25, 0.3) is 0 Å². The molecule has 0 aromatic heterocycles. The molecule has 1 fully saturated rings. The lowest BCUT2D eigenvalue weighted by atomic mass is 9.97. The van der Waals surface area contributed by atoms with Gasteiger partial charge in [-0.1, -0.05) is 17.7 Å². The number of halogens is 1. The maximum Gasteiger partial charge on any atom is 0.243 e. The highest BCUT2D eigenvalue weighted by Crippen LogP contribution is 2.27. The number of carbonyl (C=O) groups excluding carboxylic acids is 1. The van der Waals surface area contributed by atoms with Gasteiger partial charge in [-0.15, -0.1) is 0 Å². The molecular formula is C21H25FN2O3S. The molecule has 7 heteroatoms. The molecule has 1 amide bonds. The van der Waals surface area contributed by atoms with Crippen LogP contribution in [-0.4, -0.2) is 31.7 Å². The Labute approximate surface area is 165 Å². The Bertz CT molecular complexity index is 997. The fourth-order valence-electron chi connectivity index (χ4n) is 3.59. The second-order valence-electron chi connectivity index (χ2n) is 7.40. The number of hydrogen-bond donors (Lipinski definition) is 1. The van der Waals surface area contributed by atoms with Crippen molar-refractivity contribution in [1.29, 1.82) is 0 Å². The molecule has 0 aliphatic carbocycles. The van der Waals surface area contributed by atoms with Crippen LogP contribution < -0.4 is 5.32 Å². The third kappa shape index (κ3) is 4.25. The van der Waals surface area contributed by atoms with E-state index in [1.165, 1.54) is 16.4 Å². The van der Waals surface area contributed by atoms with Crippen LogP contribution in [0.25, 0.3) is 0 Å². The SMILES string of the molecule is Cc1ccc(S(=O)(=O)N2CCC(C(=O)Nc3ccc(F)cc3C)CC2)c(C)c1. The zero-order valence-electron chi connectivity index (χ0n) is 16.3. The van der Waals surface area contributed by atoms with Crippen LogP contribution in [0.2, 0.25) is 0 Å². The molecule has 1 saturated heterocycles. The average Bonchev–Trinajstić information content (AvgIpc) is 2.63. The summed E-state index contributed by atoms with van der Waals surface area (Å²) in [5, 5.41) is 2.83. The van der Waals surface area contributed by atoms with Gasteiger partial charge >= 0.3 is 0 Å². The van der Waals surface area contributed by atoms with Crippen LogP contribution >= 0.6 is 0 Å². The average molecular weight is 405 g/mol. The second kappa shape index (κ2) is 8.01. The Balaban J connectivity index is 1.65. The number of benzene rings is 2. The smallest absolute Gasteiger partial charge is 0.243 e. The summed E-state index contributed by atoms with van der Waals surface area (Å²) in [6, 6.07) is 9.53. The maximum atomic E-state index is 13.2. The number of piperidine rings is 1. The van der Waals surface area contributed by atoms with E-state index in [1.54, 1.807) is 32.0 Å². The van der Waals surface area contributed by atoms with Crippen molar-refractivity contribution >= 4 is 21.6 Å². The van der Waals surface area contributed by atoms with E-state index in [1.807, 2.05) is 13.0 Å². The topological polar surface area (TPSA) is 66.5 Å². The van der Waals surface area contributed by atoms with Gasteiger partial charge in [-0.2, -0.15) is 4.31 Å². The number of hydrogen-bond acceptors (Lipinski definition) is 3. The molecule has 2 aromatic rings. The molecule has 1 N–H and O–H groups in total. The Hall–Kier alpha value is -2.25. The molecule has 0 spiro atoms. The van der Waals surface area contributed by atoms with Crippen molar-refractivity contribution < 1.29 is 17.6 Å². The molecule has 28 heavy (non-hydrogen) atoms. The summed E-state index contributed by atoms with van der Waals surface area (Å²) in [6.07, 6.45) is 0.909. The summed E-state index contributed by atoms with van der Waals surface area (Å²) in [5.74, 6) is -0.770. The fourth-order valence-corrected chi connectivity index (χ4v) is 5.26. The van der Waals surface area contributed by atoms with Crippen molar-refractivity contribution in [2.45, 2.75) is 38.5 Å². The quantitative estimate of drug-likeness (QED) is 0.843. The molecule has 0 atom stereocenters. The first-order valence-corrected chi connectivity index (χ1v) is 10.8. The van der Waals surface area contributed by atoms with Crippen molar-refractivity contribution in [3.63, 3.8) is 0 Å². The van der Waals surface area contributed by atoms with Gasteiger partial charge in [0, 0.05) is 24.7 Å². The number of sulfonamides is 1. The summed E-state index contributed by atoms with van der Waals surface area (Å²) >= 11 is 0. The van der Waals surface area contributed by atoms with Gasteiger partial charge in [-0.25, -0.2) is 12.8 Å². The lowest BCUT2D eigenvalue weighted by Crippen LogP contribution is -2.41. The van der Waals surface area contributed by atoms with Crippen LogP contribution in [0.3, 0.4) is 0 Å². The lowest BCUT2D eigenvalue weighted by molar-refractivity contribution is -0.120. The van der Waals surface area contributed by atoms with Crippen LogP contribution in [0.15, 0.2) is 41.3 Å². The summed E-state index contributed by atoms with van der Waals surface area (Å²) in [7, 11) is -3.57. The first-order chi connectivity index (χ1) is 13.2. The van der Waals surface area contributed by atoms with E-state index in [0.717, 1.165) is 11.1 Å². The first kappa shape index (κ1) is 20.5. The van der Waals surface area contributed by atoms with Gasteiger partial charge in [0.2, 0.25) is 15.9 Å². The van der Waals surface area contributed by atoms with Crippen molar-refractivity contribution in [3.8, 4) is 0 Å². The molecule has 1 aliphatic heterocycles. The summed E-state index contributed by atoms with van der Waals surface area (Å²) in [4.78, 5) is 12.9. The number of amides is 1. The minimum absolute atomic E-state index is 0.154. The van der Waals surface area contributed by atoms with Gasteiger partial charge in [-0.3, -0.25) is 4.79 Å². The van der Waals surface area contributed by atoms with Crippen molar-refractivity contribution in [2.24, 2.45) is 5.92 Å². The highest BCUT2D eigenvalue weighted by atomic mass is 32.2. The summed E-state index contributed by atoms with van der Waals surface area (Å²) in [6.45, 7) is 6.06. The minimum Gasteiger partial charge on any atom is -0.326 e. The number of anilines is 1. The Morgan fingerprint density at radius 1 is 1.04 bits per heavy atom. The molecule has 5 nitrogen and oxygen atoms in total. The standard InChI is InChI=1S/C21H25FN2O3S/c1-14-4-7-20(16(3)12-14)28(26,27)24-10-8-17(9-11-24)21(25)23-19-6-5-18(22)13-15(19)2/h4-7,12-13,17H,8-11H2,1-3H3,(H,23,25). The highest BCUT2D eigenvalue weighted by molar-refractivity contribution is 7.89. The zero-order valence-corrected chi connectivity index (χ0v) is 17.1. The highest BCUT2D eigenvalue weighted by Gasteiger charge is 2.32. The Morgan fingerprint density at radius 2 is 1.71 bits per heavy atom. The molecule has 0 saturated carbocycles. The molecule has 0 radical (unpaired) electrons. The van der Waals surface area contributed by atoms with E-state index < -0.39 is 10.0 Å². The van der Waals surface area contributed by atoms with Gasteiger partial charge in [0.05, 0.1) is 4.90 Å². The van der Waals surface area contributed by atoms with Gasteiger partial charge < -0.3 is 5.32 Å². The lowest BCUT2D eigenvalue weighted by Gasteiger charge is -2.31. The molecule has 0 bridgehead atoms. The summed E-state index contributed by atoms with van der Waals surface area (Å²) in [5.41, 5.74) is 2.98. The van der Waals surface area contributed by atoms with Crippen LogP contribution in [0.4, 0.5) is 10.1 Å². The zero-order chi connectivity index (χ0) is 20.5. The van der Waals surface area contributed by atoms with Crippen molar-refractivity contribution in [2.75, 3.05) is 18.4 Å². The molecule has 0 unspecified atom stereocenters. The normalized spacial score (nSPS) is 16.1. The third-order valence-electron chi connectivity index (χ3n) is 5.22. The van der Waals surface area contributed by atoms with E-state index >= 15 is 0 Å². The second-order valence-corrected chi connectivity index (χ2v) is 9.30. The predicted octanol–water partition coefficient (Wildman–Crippen LogP) is 3.79. The fraction of sp³-hybridized carbons (Fsp3) is 0.381. The number of rotatable bonds is 4. The number of nitrogens with one attached hydrogen (secondary N) is 1. The largest absolute Gasteiger partial charge is 0.326 e. The first-order valence-electron chi connectivity index (χ1n) is 9.33. The van der Waals surface area contributed by atoms with Crippen LogP contribution in [0, 0.1) is 32.5 Å². The van der Waals surface area contributed by atoms with E-state index in [4.69, 9.17) is 0 Å². The summed E-state index contributed by atoms with van der Waals surface area (Å²) < 4.78 is 40.6. The van der Waals surface area contributed by atoms with Crippen molar-refractivity contribution in [3.05, 3.63) is 58.9 Å². The van der Waals surface area contributed by atoms with E-state index in [2.05, 4.69) is 5.32 Å². The number of carbonyl (C=O) groups is 1. The van der Waals surface area contributed by atoms with Crippen LogP contribution in [0.5, 0.6) is 0 Å². The molecule has 1 aliphatic rings. The van der Waals surface area contributed by atoms with E-state index in [9.17, 15) is 17.6 Å². The van der Waals surface area contributed by atoms with E-state index in [0.29, 0.717) is 42.1 Å². The molecule has 150 valence electrons. The molecule has 3 rings (SSSR count). The van der Waals surface area contributed by atoms with Crippen LogP contribution in [-0.2, 0) is 14.8 Å². The number of nitrogens with zero attached hydrogens (tertiary/aromatic N) is 1. The van der Waals surface area contributed by atoms with E-state index in [-0.39, 0.29) is 17.6 Å². The predicted molar refractivity (Wildman–Crippen MR) is 107 cm³/mol. The third-order valence-corrected chi connectivity index (χ3v) is 7.28. The molecular weight excluding hydrogens is 379 g/mol. The molecule has 2 aromatic carbocycles. The minimum atomic E-state index is -3.57. The Kier molecular flexibility index (Phi) is 5.86. The maximum absolute atomic E-state index is 13.2. The van der Waals surface area contributed by atoms with Gasteiger partial charge in [0.15, 0.2) is 0 Å². The van der Waals surface area contributed by atoms with Crippen LogP contribution in [0.1, 0.15) is 29.5 Å². The van der Waals surface area contributed by atoms with Gasteiger partial charge in [0.1, 0.15) is 5.82 Å². The monoisotopic (exact) mass is 404 g/mol. The van der Waals surface area contributed by atoms with Gasteiger partial charge in [-0.05, 0) is 69.0 Å². The Morgan fingerprint density at radius 3 is 2.32 bits per heavy atom. The number of aryl methyl sites for hydroxylation is 3. The van der Waals surface area contributed by atoms with Crippen molar-refractivity contribution in [1.82, 2.24) is 4.31 Å².